The molecule has 1 N–H and O–H groups in total. The molecule has 4 rings (SSSR count). The number of hydrogen-bond donors (Lipinski definition) is 1. The largest absolute Gasteiger partial charge is 0.488 e. The summed E-state index contributed by atoms with van der Waals surface area (Å²) in [5, 5.41) is 0. The maximum absolute atomic E-state index is 13.9. The van der Waals surface area contributed by atoms with Crippen LogP contribution in [0.25, 0.3) is 0 Å². The number of likely N-dealkylation sites (tertiary alicyclic amines) is 1. The SMILES string of the molecule is CN1CCC(Oc2cc(NS(=O)(=O)c3ccc(Sc4ccc(F)cc4F)cc3)ccc2C(F)(F)F)C1. The highest BCUT2D eigenvalue weighted by Crippen LogP contribution is 2.39. The van der Waals surface area contributed by atoms with E-state index in [-0.39, 0.29) is 15.5 Å². The Balaban J connectivity index is 1.52. The Morgan fingerprint density at radius 2 is 1.75 bits per heavy atom. The van der Waals surface area contributed by atoms with Gasteiger partial charge in [0.1, 0.15) is 23.5 Å². The van der Waals surface area contributed by atoms with Crippen LogP contribution in [-0.2, 0) is 16.2 Å². The van der Waals surface area contributed by atoms with Crippen molar-refractivity contribution in [3.8, 4) is 5.75 Å². The van der Waals surface area contributed by atoms with Gasteiger partial charge in [0.2, 0.25) is 0 Å². The van der Waals surface area contributed by atoms with Crippen molar-refractivity contribution in [3.05, 3.63) is 77.9 Å². The van der Waals surface area contributed by atoms with Gasteiger partial charge >= 0.3 is 6.18 Å². The van der Waals surface area contributed by atoms with E-state index in [1.807, 2.05) is 11.9 Å². The van der Waals surface area contributed by atoms with Gasteiger partial charge in [0, 0.05) is 35.0 Å². The lowest BCUT2D eigenvalue weighted by Crippen LogP contribution is -2.23. The van der Waals surface area contributed by atoms with Crippen LogP contribution in [0.1, 0.15) is 12.0 Å². The normalized spacial score (nSPS) is 16.8. The third-order valence-corrected chi connectivity index (χ3v) is 7.89. The second-order valence-electron chi connectivity index (χ2n) is 8.25. The van der Waals surface area contributed by atoms with Gasteiger partial charge in [-0.05, 0) is 62.0 Å². The summed E-state index contributed by atoms with van der Waals surface area (Å²) in [6.07, 6.45) is -4.57. The molecule has 5 nitrogen and oxygen atoms in total. The first-order chi connectivity index (χ1) is 16.9. The molecule has 1 aliphatic rings. The van der Waals surface area contributed by atoms with Gasteiger partial charge in [-0.15, -0.1) is 0 Å². The summed E-state index contributed by atoms with van der Waals surface area (Å²) in [5.74, 6) is -1.91. The molecule has 0 radical (unpaired) electrons. The van der Waals surface area contributed by atoms with Gasteiger partial charge < -0.3 is 9.64 Å². The average molecular weight is 545 g/mol. The van der Waals surface area contributed by atoms with E-state index in [0.29, 0.717) is 24.4 Å². The number of hydrogen-bond acceptors (Lipinski definition) is 5. The Kier molecular flexibility index (Phi) is 7.48. The summed E-state index contributed by atoms with van der Waals surface area (Å²) >= 11 is 0.984. The average Bonchev–Trinajstić information content (AvgIpc) is 3.19. The number of alkyl halides is 3. The second kappa shape index (κ2) is 10.3. The zero-order valence-corrected chi connectivity index (χ0v) is 20.5. The molecule has 36 heavy (non-hydrogen) atoms. The minimum Gasteiger partial charge on any atom is -0.488 e. The van der Waals surface area contributed by atoms with Crippen molar-refractivity contribution in [2.24, 2.45) is 0 Å². The van der Waals surface area contributed by atoms with Crippen LogP contribution in [-0.4, -0.2) is 39.6 Å². The van der Waals surface area contributed by atoms with Crippen molar-refractivity contribution in [1.29, 1.82) is 0 Å². The molecule has 0 bridgehead atoms. The maximum atomic E-state index is 13.9. The molecule has 12 heteroatoms. The number of sulfonamides is 1. The Labute approximate surface area is 209 Å². The third kappa shape index (κ3) is 6.29. The Morgan fingerprint density at radius 3 is 2.36 bits per heavy atom. The fourth-order valence-electron chi connectivity index (χ4n) is 3.67. The number of nitrogens with one attached hydrogen (secondary N) is 1. The smallest absolute Gasteiger partial charge is 0.419 e. The molecule has 0 amide bonds. The first kappa shape index (κ1) is 26.2. The molecule has 0 saturated carbocycles. The van der Waals surface area contributed by atoms with Gasteiger partial charge in [-0.1, -0.05) is 11.8 Å². The van der Waals surface area contributed by atoms with E-state index in [2.05, 4.69) is 4.72 Å². The van der Waals surface area contributed by atoms with Crippen molar-refractivity contribution in [2.75, 3.05) is 24.9 Å². The predicted octanol–water partition coefficient (Wildman–Crippen LogP) is 6.02. The number of benzene rings is 3. The van der Waals surface area contributed by atoms with Gasteiger partial charge in [0.25, 0.3) is 10.0 Å². The molecule has 1 fully saturated rings. The summed E-state index contributed by atoms with van der Waals surface area (Å²) < 4.78 is 101. The van der Waals surface area contributed by atoms with E-state index in [1.54, 1.807) is 0 Å². The summed E-state index contributed by atoms with van der Waals surface area (Å²) in [5.41, 5.74) is -1.08. The summed E-state index contributed by atoms with van der Waals surface area (Å²) in [4.78, 5) is 2.45. The van der Waals surface area contributed by atoms with E-state index in [1.165, 1.54) is 30.3 Å². The van der Waals surface area contributed by atoms with Crippen LogP contribution in [0.2, 0.25) is 0 Å². The minimum atomic E-state index is -4.67. The highest BCUT2D eigenvalue weighted by molar-refractivity contribution is 7.99. The van der Waals surface area contributed by atoms with Crippen LogP contribution in [0.3, 0.4) is 0 Å². The van der Waals surface area contributed by atoms with Crippen molar-refractivity contribution in [1.82, 2.24) is 4.90 Å². The standard InChI is InChI=1S/C24H21F5N2O3S2/c1-31-11-10-17(14-31)34-22-13-16(3-8-20(22)24(27,28)29)30-36(32,33)19-6-4-18(5-7-19)35-23-9-2-15(25)12-21(23)26/h2-9,12-13,17,30H,10-11,14H2,1H3. The van der Waals surface area contributed by atoms with Crippen LogP contribution >= 0.6 is 11.8 Å². The lowest BCUT2D eigenvalue weighted by Gasteiger charge is -2.19. The second-order valence-corrected chi connectivity index (χ2v) is 11.1. The Bertz CT molecular complexity index is 1350. The quantitative estimate of drug-likeness (QED) is 0.369. The lowest BCUT2D eigenvalue weighted by molar-refractivity contribution is -0.139. The van der Waals surface area contributed by atoms with E-state index >= 15 is 0 Å². The summed E-state index contributed by atoms with van der Waals surface area (Å²) in [6, 6.07) is 11.4. The van der Waals surface area contributed by atoms with Gasteiger partial charge in [0.05, 0.1) is 16.1 Å². The Morgan fingerprint density at radius 1 is 1.03 bits per heavy atom. The number of ether oxygens (including phenoxy) is 1. The highest BCUT2D eigenvalue weighted by atomic mass is 32.2. The molecule has 192 valence electrons. The molecule has 3 aromatic rings. The van der Waals surface area contributed by atoms with E-state index < -0.39 is 45.3 Å². The number of halogens is 5. The maximum Gasteiger partial charge on any atom is 0.419 e. The van der Waals surface area contributed by atoms with Gasteiger partial charge in [-0.2, -0.15) is 13.2 Å². The molecule has 1 heterocycles. The molecular weight excluding hydrogens is 523 g/mol. The first-order valence-electron chi connectivity index (χ1n) is 10.7. The van der Waals surface area contributed by atoms with Crippen molar-refractivity contribution in [3.63, 3.8) is 0 Å². The number of nitrogens with zero attached hydrogens (tertiary/aromatic N) is 1. The minimum absolute atomic E-state index is 0.0869. The topological polar surface area (TPSA) is 58.6 Å². The molecule has 0 aliphatic carbocycles. The predicted molar refractivity (Wildman–Crippen MR) is 126 cm³/mol. The van der Waals surface area contributed by atoms with E-state index in [9.17, 15) is 30.4 Å². The summed E-state index contributed by atoms with van der Waals surface area (Å²) in [7, 11) is -2.31. The molecular formula is C24H21F5N2O3S2. The fraction of sp³-hybridized carbons (Fsp3) is 0.250. The van der Waals surface area contributed by atoms with Crippen LogP contribution in [0.5, 0.6) is 5.75 Å². The van der Waals surface area contributed by atoms with E-state index in [4.69, 9.17) is 4.74 Å². The Hall–Kier alpha value is -2.83. The number of likely N-dealkylation sites (N-methyl/N-ethyl adjacent to an activating group) is 1. The van der Waals surface area contributed by atoms with E-state index in [0.717, 1.165) is 42.1 Å². The zero-order valence-electron chi connectivity index (χ0n) is 18.9. The molecule has 1 unspecified atom stereocenters. The van der Waals surface area contributed by atoms with Crippen LogP contribution in [0.4, 0.5) is 27.6 Å². The first-order valence-corrected chi connectivity index (χ1v) is 13.0. The fourth-order valence-corrected chi connectivity index (χ4v) is 5.54. The molecule has 1 atom stereocenters. The van der Waals surface area contributed by atoms with Crippen molar-refractivity contribution in [2.45, 2.75) is 33.4 Å². The van der Waals surface area contributed by atoms with Gasteiger partial charge in [-0.25, -0.2) is 17.2 Å². The number of rotatable bonds is 7. The van der Waals surface area contributed by atoms with Crippen LogP contribution < -0.4 is 9.46 Å². The molecule has 1 aliphatic heterocycles. The molecule has 1 saturated heterocycles. The zero-order chi connectivity index (χ0) is 26.1. The van der Waals surface area contributed by atoms with Crippen LogP contribution in [0.15, 0.2) is 75.4 Å². The summed E-state index contributed by atoms with van der Waals surface area (Å²) in [6.45, 7) is 1.14. The van der Waals surface area contributed by atoms with Crippen molar-refractivity contribution < 1.29 is 35.1 Å². The molecule has 0 aromatic heterocycles. The van der Waals surface area contributed by atoms with Gasteiger partial charge in [0.15, 0.2) is 0 Å². The molecule has 0 spiro atoms. The highest BCUT2D eigenvalue weighted by Gasteiger charge is 2.36. The number of anilines is 1. The molecule has 3 aromatic carbocycles. The lowest BCUT2D eigenvalue weighted by atomic mass is 10.1. The van der Waals surface area contributed by atoms with Gasteiger partial charge in [-0.3, -0.25) is 4.72 Å². The monoisotopic (exact) mass is 544 g/mol. The third-order valence-electron chi connectivity index (χ3n) is 5.44. The van der Waals surface area contributed by atoms with Crippen LogP contribution in [0, 0.1) is 11.6 Å². The van der Waals surface area contributed by atoms with Crippen molar-refractivity contribution >= 4 is 27.5 Å².